The van der Waals surface area contributed by atoms with Crippen LogP contribution in [0.4, 0.5) is 0 Å². The highest BCUT2D eigenvalue weighted by Gasteiger charge is 2.40. The van der Waals surface area contributed by atoms with Crippen LogP contribution in [0.2, 0.25) is 5.02 Å². The Balaban J connectivity index is 1.81. The zero-order valence-electron chi connectivity index (χ0n) is 13.9. The van der Waals surface area contributed by atoms with Crippen molar-refractivity contribution in [2.45, 2.75) is 24.4 Å². The number of benzene rings is 1. The second kappa shape index (κ2) is 7.49. The number of hydrogen-bond acceptors (Lipinski definition) is 4. The molecule has 0 amide bonds. The predicted molar refractivity (Wildman–Crippen MR) is 93.1 cm³/mol. The molecule has 1 unspecified atom stereocenters. The Kier molecular flexibility index (Phi) is 5.60. The molecule has 2 aliphatic heterocycles. The van der Waals surface area contributed by atoms with Gasteiger partial charge in [0.25, 0.3) is 0 Å². The molecule has 3 rings (SSSR count). The summed E-state index contributed by atoms with van der Waals surface area (Å²) in [6.45, 7) is 6.44. The third-order valence-corrected chi connectivity index (χ3v) is 5.53. The third-order valence-electron chi connectivity index (χ3n) is 5.29. The Bertz CT molecular complexity index is 511. The summed E-state index contributed by atoms with van der Waals surface area (Å²) >= 11 is 6.21. The van der Waals surface area contributed by atoms with E-state index >= 15 is 0 Å². The number of likely N-dealkylation sites (N-methyl/N-ethyl adjacent to an activating group) is 1. The van der Waals surface area contributed by atoms with Gasteiger partial charge >= 0.3 is 0 Å². The summed E-state index contributed by atoms with van der Waals surface area (Å²) in [4.78, 5) is 4.83. The monoisotopic (exact) mass is 338 g/mol. The first-order valence-corrected chi connectivity index (χ1v) is 8.91. The lowest BCUT2D eigenvalue weighted by Gasteiger charge is -2.43. The van der Waals surface area contributed by atoms with Crippen molar-refractivity contribution >= 4 is 11.6 Å². The molecule has 0 radical (unpaired) electrons. The highest BCUT2D eigenvalue weighted by Crippen LogP contribution is 2.37. The quantitative estimate of drug-likeness (QED) is 0.913. The number of piperazine rings is 1. The first-order chi connectivity index (χ1) is 11.1. The lowest BCUT2D eigenvalue weighted by atomic mass is 9.76. The summed E-state index contributed by atoms with van der Waals surface area (Å²) < 4.78 is 5.47. The Morgan fingerprint density at radius 3 is 2.57 bits per heavy atom. The number of rotatable bonds is 4. The molecule has 0 aromatic heterocycles. The molecule has 1 aromatic rings. The molecule has 1 aromatic carbocycles. The SMILES string of the molecule is CN1CCN(CC(c2cccc(Cl)c2)C2(O)CCOCC2)CC1. The number of aliphatic hydroxyl groups is 1. The van der Waals surface area contributed by atoms with E-state index in [1.54, 1.807) is 0 Å². The molecule has 2 aliphatic rings. The first-order valence-electron chi connectivity index (χ1n) is 8.53. The lowest BCUT2D eigenvalue weighted by Crippen LogP contribution is -2.50. The van der Waals surface area contributed by atoms with Crippen molar-refractivity contribution in [3.63, 3.8) is 0 Å². The summed E-state index contributed by atoms with van der Waals surface area (Å²) in [7, 11) is 2.16. The van der Waals surface area contributed by atoms with Gasteiger partial charge in [0.15, 0.2) is 0 Å². The van der Waals surface area contributed by atoms with Gasteiger partial charge in [0.05, 0.1) is 5.60 Å². The van der Waals surface area contributed by atoms with Crippen LogP contribution in [0.1, 0.15) is 24.3 Å². The van der Waals surface area contributed by atoms with Gasteiger partial charge < -0.3 is 19.6 Å². The van der Waals surface area contributed by atoms with Crippen LogP contribution in [0.25, 0.3) is 0 Å². The minimum absolute atomic E-state index is 0.0773. The normalized spacial score (nSPS) is 24.5. The molecule has 0 saturated carbocycles. The van der Waals surface area contributed by atoms with E-state index in [1.807, 2.05) is 18.2 Å². The minimum Gasteiger partial charge on any atom is -0.389 e. The van der Waals surface area contributed by atoms with E-state index in [-0.39, 0.29) is 5.92 Å². The summed E-state index contributed by atoms with van der Waals surface area (Å²) in [5, 5.41) is 12.0. The van der Waals surface area contributed by atoms with E-state index in [4.69, 9.17) is 16.3 Å². The number of ether oxygens (including phenoxy) is 1. The molecule has 4 nitrogen and oxygen atoms in total. The maximum Gasteiger partial charge on any atom is 0.0772 e. The molecule has 0 aliphatic carbocycles. The Morgan fingerprint density at radius 1 is 1.22 bits per heavy atom. The number of nitrogens with zero attached hydrogens (tertiary/aromatic N) is 2. The average Bonchev–Trinajstić information content (AvgIpc) is 2.55. The van der Waals surface area contributed by atoms with Gasteiger partial charge in [0.1, 0.15) is 0 Å². The summed E-state index contributed by atoms with van der Waals surface area (Å²) in [6, 6.07) is 7.99. The first kappa shape index (κ1) is 17.2. The smallest absolute Gasteiger partial charge is 0.0772 e. The van der Waals surface area contributed by atoms with Gasteiger partial charge in [-0.1, -0.05) is 23.7 Å². The van der Waals surface area contributed by atoms with Gasteiger partial charge in [-0.25, -0.2) is 0 Å². The molecule has 23 heavy (non-hydrogen) atoms. The number of hydrogen-bond donors (Lipinski definition) is 1. The highest BCUT2D eigenvalue weighted by atomic mass is 35.5. The largest absolute Gasteiger partial charge is 0.389 e. The fourth-order valence-electron chi connectivity index (χ4n) is 3.67. The molecule has 1 N–H and O–H groups in total. The van der Waals surface area contributed by atoms with Crippen LogP contribution in [-0.2, 0) is 4.74 Å². The third kappa shape index (κ3) is 4.25. The summed E-state index contributed by atoms with van der Waals surface area (Å²) in [5.41, 5.74) is 0.438. The van der Waals surface area contributed by atoms with Gasteiger partial charge in [-0.2, -0.15) is 0 Å². The zero-order valence-corrected chi connectivity index (χ0v) is 14.6. The van der Waals surface area contributed by atoms with Gasteiger partial charge in [0, 0.05) is 69.7 Å². The fourth-order valence-corrected chi connectivity index (χ4v) is 3.87. The van der Waals surface area contributed by atoms with Crippen LogP contribution in [0.15, 0.2) is 24.3 Å². The second-order valence-electron chi connectivity index (χ2n) is 6.93. The average molecular weight is 339 g/mol. The lowest BCUT2D eigenvalue weighted by molar-refractivity contribution is -0.0859. The molecule has 0 bridgehead atoms. The van der Waals surface area contributed by atoms with E-state index in [1.165, 1.54) is 0 Å². The van der Waals surface area contributed by atoms with Gasteiger partial charge in [-0.05, 0) is 24.7 Å². The Morgan fingerprint density at radius 2 is 1.91 bits per heavy atom. The van der Waals surface area contributed by atoms with Crippen molar-refractivity contribution in [3.8, 4) is 0 Å². The van der Waals surface area contributed by atoms with Gasteiger partial charge in [0.2, 0.25) is 0 Å². The number of halogens is 1. The second-order valence-corrected chi connectivity index (χ2v) is 7.36. The molecule has 0 spiro atoms. The zero-order chi connectivity index (χ0) is 16.3. The summed E-state index contributed by atoms with van der Waals surface area (Å²) in [5.74, 6) is 0.0773. The van der Waals surface area contributed by atoms with Crippen LogP contribution < -0.4 is 0 Å². The van der Waals surface area contributed by atoms with Gasteiger partial charge in [-0.3, -0.25) is 0 Å². The maximum absolute atomic E-state index is 11.3. The van der Waals surface area contributed by atoms with Crippen molar-refractivity contribution in [2.24, 2.45) is 0 Å². The molecule has 5 heteroatoms. The molecule has 2 saturated heterocycles. The van der Waals surface area contributed by atoms with Crippen LogP contribution in [0, 0.1) is 0 Å². The van der Waals surface area contributed by atoms with Crippen molar-refractivity contribution in [2.75, 3.05) is 53.0 Å². The summed E-state index contributed by atoms with van der Waals surface area (Å²) in [6.07, 6.45) is 1.38. The van der Waals surface area contributed by atoms with Crippen molar-refractivity contribution in [1.29, 1.82) is 0 Å². The minimum atomic E-state index is -0.702. The highest BCUT2D eigenvalue weighted by molar-refractivity contribution is 6.30. The van der Waals surface area contributed by atoms with Crippen LogP contribution in [-0.4, -0.2) is 73.5 Å². The molecular weight excluding hydrogens is 312 g/mol. The van der Waals surface area contributed by atoms with E-state index in [0.29, 0.717) is 26.1 Å². The predicted octanol–water partition coefficient (Wildman–Crippen LogP) is 2.21. The van der Waals surface area contributed by atoms with Crippen LogP contribution in [0.5, 0.6) is 0 Å². The van der Waals surface area contributed by atoms with Crippen molar-refractivity contribution in [3.05, 3.63) is 34.9 Å². The van der Waals surface area contributed by atoms with Crippen molar-refractivity contribution < 1.29 is 9.84 Å². The van der Waals surface area contributed by atoms with E-state index < -0.39 is 5.60 Å². The molecule has 2 fully saturated rings. The maximum atomic E-state index is 11.3. The molecule has 1 atom stereocenters. The van der Waals surface area contributed by atoms with E-state index in [0.717, 1.165) is 43.3 Å². The molecule has 2 heterocycles. The van der Waals surface area contributed by atoms with E-state index in [9.17, 15) is 5.11 Å². The Labute approximate surface area is 144 Å². The fraction of sp³-hybridized carbons (Fsp3) is 0.667. The molecule has 128 valence electrons. The topological polar surface area (TPSA) is 35.9 Å². The van der Waals surface area contributed by atoms with Crippen LogP contribution >= 0.6 is 11.6 Å². The van der Waals surface area contributed by atoms with Crippen LogP contribution in [0.3, 0.4) is 0 Å². The van der Waals surface area contributed by atoms with Gasteiger partial charge in [-0.15, -0.1) is 0 Å². The van der Waals surface area contributed by atoms with E-state index in [2.05, 4.69) is 22.9 Å². The Hall–Kier alpha value is -0.650. The molecular formula is C18H27ClN2O2. The van der Waals surface area contributed by atoms with Crippen molar-refractivity contribution in [1.82, 2.24) is 9.80 Å². The standard InChI is InChI=1S/C18H27ClN2O2/c1-20-7-9-21(10-8-20)14-17(15-3-2-4-16(19)13-15)18(22)5-11-23-12-6-18/h2-4,13,17,22H,5-12,14H2,1H3.